The van der Waals surface area contributed by atoms with E-state index >= 15 is 0 Å². The highest BCUT2D eigenvalue weighted by molar-refractivity contribution is 6.23. The Bertz CT molecular complexity index is 761. The molecule has 0 saturated carbocycles. The summed E-state index contributed by atoms with van der Waals surface area (Å²) in [6.07, 6.45) is -0.0864. The molecule has 1 aromatic carbocycles. The molecule has 19 heavy (non-hydrogen) atoms. The van der Waals surface area contributed by atoms with Crippen molar-refractivity contribution in [2.75, 3.05) is 0 Å². The van der Waals surface area contributed by atoms with E-state index in [0.717, 1.165) is 0 Å². The van der Waals surface area contributed by atoms with Gasteiger partial charge in [-0.3, -0.25) is 29.4 Å². The molecule has 0 aromatic heterocycles. The summed E-state index contributed by atoms with van der Waals surface area (Å²) in [5, 5.41) is 2.03. The van der Waals surface area contributed by atoms with Crippen LogP contribution in [0.25, 0.3) is 0 Å². The Balaban J connectivity index is 2.12. The second kappa shape index (κ2) is 4.01. The van der Waals surface area contributed by atoms with Gasteiger partial charge in [-0.15, -0.1) is 0 Å². The normalized spacial score (nSPS) is 25.5. The summed E-state index contributed by atoms with van der Waals surface area (Å²) in [5.74, 6) is -3.21. The first-order chi connectivity index (χ1) is 10.8. The first-order valence-corrected chi connectivity index (χ1v) is 5.57. The van der Waals surface area contributed by atoms with Crippen molar-refractivity contribution in [2.24, 2.45) is 0 Å². The number of nitrogens with one attached hydrogen (secondary N) is 1. The largest absolute Gasteiger partial charge is 0.295 e. The highest BCUT2D eigenvalue weighted by Crippen LogP contribution is 2.26. The minimum atomic E-state index is -1.21. The lowest BCUT2D eigenvalue weighted by atomic mass is 10.0. The van der Waals surface area contributed by atoms with Crippen LogP contribution in [-0.4, -0.2) is 34.6 Å². The maximum Gasteiger partial charge on any atom is 0.262 e. The summed E-state index contributed by atoms with van der Waals surface area (Å²) in [5.41, 5.74) is -0.878. The number of hydrogen-bond acceptors (Lipinski definition) is 4. The van der Waals surface area contributed by atoms with E-state index in [1.54, 1.807) is 0 Å². The average Bonchev–Trinajstić information content (AvgIpc) is 2.75. The molecule has 1 atom stereocenters. The first-order valence-electron chi connectivity index (χ1n) is 7.57. The predicted octanol–water partition coefficient (Wildman–Crippen LogP) is 0.0878. The fourth-order valence-corrected chi connectivity index (χ4v) is 2.18. The Morgan fingerprint density at radius 2 is 1.68 bits per heavy atom. The van der Waals surface area contributed by atoms with E-state index < -0.39 is 65.0 Å². The first kappa shape index (κ1) is 7.83. The van der Waals surface area contributed by atoms with Crippen LogP contribution in [0, 0.1) is 0 Å². The van der Waals surface area contributed by atoms with Gasteiger partial charge in [-0.1, -0.05) is 12.1 Å². The molecule has 0 spiro atoms. The van der Waals surface area contributed by atoms with Gasteiger partial charge in [0.1, 0.15) is 6.04 Å². The summed E-state index contributed by atoms with van der Waals surface area (Å²) in [4.78, 5) is 48.6. The summed E-state index contributed by atoms with van der Waals surface area (Å²) < 4.78 is 30.7. The van der Waals surface area contributed by atoms with E-state index in [-0.39, 0.29) is 12.8 Å². The molecule has 6 heteroatoms. The Labute approximate surface area is 114 Å². The molecule has 0 radical (unpaired) electrons. The Hall–Kier alpha value is -2.50. The van der Waals surface area contributed by atoms with E-state index in [1.165, 1.54) is 0 Å². The Morgan fingerprint density at radius 1 is 1.11 bits per heavy atom. The predicted molar refractivity (Wildman–Crippen MR) is 63.1 cm³/mol. The molecule has 4 amide bonds. The molecule has 2 heterocycles. The third-order valence-electron chi connectivity index (χ3n) is 3.07. The van der Waals surface area contributed by atoms with Crippen molar-refractivity contribution >= 4 is 23.6 Å². The van der Waals surface area contributed by atoms with Gasteiger partial charge >= 0.3 is 0 Å². The number of hydrogen-bond donors (Lipinski definition) is 1. The minimum Gasteiger partial charge on any atom is -0.295 e. The number of nitrogens with zero attached hydrogens (tertiary/aromatic N) is 1. The number of benzene rings is 1. The van der Waals surface area contributed by atoms with E-state index in [2.05, 4.69) is 0 Å². The average molecular weight is 262 g/mol. The van der Waals surface area contributed by atoms with Crippen molar-refractivity contribution in [3.05, 3.63) is 35.3 Å². The van der Waals surface area contributed by atoms with Gasteiger partial charge in [-0.05, 0) is 18.5 Å². The molecule has 1 N–H and O–H groups in total. The molecule has 2 aliphatic rings. The second-order valence-corrected chi connectivity index (χ2v) is 4.20. The highest BCUT2D eigenvalue weighted by Gasteiger charge is 2.44. The van der Waals surface area contributed by atoms with Gasteiger partial charge in [0.15, 0.2) is 0 Å². The van der Waals surface area contributed by atoms with Crippen LogP contribution < -0.4 is 5.32 Å². The second-order valence-electron chi connectivity index (χ2n) is 4.20. The van der Waals surface area contributed by atoms with Gasteiger partial charge in [0.25, 0.3) is 11.8 Å². The zero-order valence-corrected chi connectivity index (χ0v) is 9.57. The van der Waals surface area contributed by atoms with E-state index in [1.807, 2.05) is 5.32 Å². The van der Waals surface area contributed by atoms with Crippen LogP contribution in [0.5, 0.6) is 0 Å². The number of imide groups is 2. The number of fused-ring (bicyclic) bond motifs is 1. The van der Waals surface area contributed by atoms with Crippen LogP contribution in [0.3, 0.4) is 0 Å². The lowest BCUT2D eigenvalue weighted by molar-refractivity contribution is -0.136. The Kier molecular flexibility index (Phi) is 1.65. The molecule has 1 aromatic rings. The van der Waals surface area contributed by atoms with Gasteiger partial charge in [-0.2, -0.15) is 0 Å². The van der Waals surface area contributed by atoms with Gasteiger partial charge < -0.3 is 0 Å². The zero-order valence-electron chi connectivity index (χ0n) is 13.6. The molecule has 0 bridgehead atoms. The standard InChI is InChI=1S/C13H10N2O4/c16-10-6-5-9(11(17)14-10)15-12(18)7-3-1-2-4-8(7)13(15)19/h1-4,9H,5-6H2,(H,14,16,17)/i1D,2D,3D,4D. The van der Waals surface area contributed by atoms with E-state index in [4.69, 9.17) is 5.48 Å². The lowest BCUT2D eigenvalue weighted by Gasteiger charge is -2.27. The van der Waals surface area contributed by atoms with Gasteiger partial charge in [0.2, 0.25) is 11.8 Å². The lowest BCUT2D eigenvalue weighted by Crippen LogP contribution is -2.54. The number of carbonyl (C=O) groups is 4. The van der Waals surface area contributed by atoms with Crippen LogP contribution in [0.4, 0.5) is 0 Å². The number of amides is 4. The fourth-order valence-electron chi connectivity index (χ4n) is 2.18. The zero-order chi connectivity index (χ0) is 17.0. The SMILES string of the molecule is [2H]c1c([2H])c([2H])c2c(c1[2H])C(=O)N(C1CCC(=O)NC1=O)C2=O. The third-order valence-corrected chi connectivity index (χ3v) is 3.07. The summed E-state index contributed by atoms with van der Waals surface area (Å²) >= 11 is 0. The van der Waals surface area contributed by atoms with Crippen molar-refractivity contribution in [2.45, 2.75) is 18.9 Å². The Morgan fingerprint density at radius 3 is 2.21 bits per heavy atom. The highest BCUT2D eigenvalue weighted by atomic mass is 16.2. The molecular weight excluding hydrogens is 248 g/mol. The molecule has 0 aliphatic carbocycles. The quantitative estimate of drug-likeness (QED) is 0.727. The van der Waals surface area contributed by atoms with Crippen molar-refractivity contribution in [3.63, 3.8) is 0 Å². The monoisotopic (exact) mass is 262 g/mol. The summed E-state index contributed by atoms with van der Waals surface area (Å²) in [6.45, 7) is 0. The third kappa shape index (κ3) is 1.64. The van der Waals surface area contributed by atoms with Crippen LogP contribution in [0.1, 0.15) is 39.0 Å². The summed E-state index contributed by atoms with van der Waals surface area (Å²) in [6, 6.07) is -3.69. The maximum atomic E-state index is 12.5. The topological polar surface area (TPSA) is 83.6 Å². The van der Waals surface area contributed by atoms with E-state index in [9.17, 15) is 19.2 Å². The number of rotatable bonds is 1. The molecular formula is C13H10N2O4. The number of piperidine rings is 1. The summed E-state index contributed by atoms with van der Waals surface area (Å²) in [7, 11) is 0. The molecule has 96 valence electrons. The minimum absolute atomic E-state index is 0.0430. The number of carbonyl (C=O) groups excluding carboxylic acids is 4. The van der Waals surface area contributed by atoms with Gasteiger partial charge in [-0.25, -0.2) is 0 Å². The molecule has 1 fully saturated rings. The van der Waals surface area contributed by atoms with Crippen molar-refractivity contribution < 1.29 is 24.7 Å². The van der Waals surface area contributed by atoms with Crippen LogP contribution in [0.15, 0.2) is 24.2 Å². The molecule has 1 unspecified atom stereocenters. The molecule has 3 rings (SSSR count). The van der Waals surface area contributed by atoms with Gasteiger partial charge in [0, 0.05) is 6.42 Å². The van der Waals surface area contributed by atoms with E-state index in [0.29, 0.717) is 4.90 Å². The van der Waals surface area contributed by atoms with Crippen LogP contribution in [0.2, 0.25) is 0 Å². The van der Waals surface area contributed by atoms with Crippen molar-refractivity contribution in [1.82, 2.24) is 10.2 Å². The fraction of sp³-hybridized carbons (Fsp3) is 0.231. The maximum absolute atomic E-state index is 12.5. The van der Waals surface area contributed by atoms with Crippen LogP contribution in [-0.2, 0) is 9.59 Å². The molecule has 1 saturated heterocycles. The smallest absolute Gasteiger partial charge is 0.262 e. The van der Waals surface area contributed by atoms with Crippen LogP contribution >= 0.6 is 0 Å². The molecule has 6 nitrogen and oxygen atoms in total. The van der Waals surface area contributed by atoms with Gasteiger partial charge in [0.05, 0.1) is 16.6 Å². The van der Waals surface area contributed by atoms with Crippen molar-refractivity contribution in [1.29, 1.82) is 0 Å². The molecule has 2 aliphatic heterocycles. The van der Waals surface area contributed by atoms with Crippen molar-refractivity contribution in [3.8, 4) is 0 Å².